The van der Waals surface area contributed by atoms with Crippen LogP contribution in [0.25, 0.3) is 11.4 Å². The van der Waals surface area contributed by atoms with Gasteiger partial charge in [-0.25, -0.2) is 0 Å². The number of rotatable bonds is 4. The fourth-order valence-electron chi connectivity index (χ4n) is 1.12. The molecule has 2 N–H and O–H groups in total. The first-order valence-corrected chi connectivity index (χ1v) is 4.28. The predicted molar refractivity (Wildman–Crippen MR) is 49.0 cm³/mol. The molecule has 0 unspecified atom stereocenters. The van der Waals surface area contributed by atoms with E-state index < -0.39 is 5.91 Å². The van der Waals surface area contributed by atoms with Crippen molar-refractivity contribution in [2.24, 2.45) is 5.73 Å². The average Bonchev–Trinajstić information content (AvgIpc) is 2.83. The number of ether oxygens (including phenoxy) is 1. The lowest BCUT2D eigenvalue weighted by Crippen LogP contribution is -2.12. The number of hydrogen-bond acceptors (Lipinski definition) is 7. The van der Waals surface area contributed by atoms with E-state index in [2.05, 4.69) is 19.8 Å². The van der Waals surface area contributed by atoms with E-state index in [1.807, 2.05) is 0 Å². The molecule has 0 radical (unpaired) electrons. The maximum Gasteiger partial charge on any atom is 0.271 e. The van der Waals surface area contributed by atoms with Gasteiger partial charge in [0.25, 0.3) is 11.8 Å². The van der Waals surface area contributed by atoms with Crippen LogP contribution in [-0.4, -0.2) is 28.3 Å². The Morgan fingerprint density at radius 2 is 2.38 bits per heavy atom. The molecule has 0 aliphatic carbocycles. The van der Waals surface area contributed by atoms with Gasteiger partial charge >= 0.3 is 0 Å². The molecule has 0 aliphatic heterocycles. The van der Waals surface area contributed by atoms with Crippen LogP contribution in [-0.2, 0) is 11.3 Å². The van der Waals surface area contributed by atoms with Gasteiger partial charge in [0.1, 0.15) is 12.9 Å². The molecule has 8 nitrogen and oxygen atoms in total. The van der Waals surface area contributed by atoms with Crippen LogP contribution in [0.5, 0.6) is 0 Å². The Bertz CT molecular complexity index is 504. The molecule has 8 heteroatoms. The van der Waals surface area contributed by atoms with Crippen LogP contribution in [0, 0.1) is 0 Å². The molecule has 0 atom stereocenters. The number of hydrogen-bond donors (Lipinski definition) is 1. The van der Waals surface area contributed by atoms with Gasteiger partial charge < -0.3 is 19.5 Å². The first kappa shape index (κ1) is 10.3. The zero-order valence-electron chi connectivity index (χ0n) is 8.34. The summed E-state index contributed by atoms with van der Waals surface area (Å²) in [7, 11) is 1.50. The first-order valence-electron chi connectivity index (χ1n) is 4.28. The fourth-order valence-corrected chi connectivity index (χ4v) is 1.12. The lowest BCUT2D eigenvalue weighted by molar-refractivity contribution is 0.0992. The van der Waals surface area contributed by atoms with Gasteiger partial charge in [0, 0.05) is 7.11 Å². The van der Waals surface area contributed by atoms with Gasteiger partial charge in [0.2, 0.25) is 5.82 Å². The number of nitrogens with two attached hydrogens (primary N) is 1. The summed E-state index contributed by atoms with van der Waals surface area (Å²) in [6.07, 6.45) is 1.22. The van der Waals surface area contributed by atoms with Crippen molar-refractivity contribution in [1.29, 1.82) is 0 Å². The maximum atomic E-state index is 11.0. The van der Waals surface area contributed by atoms with Crippen molar-refractivity contribution in [3.05, 3.63) is 17.8 Å². The maximum absolute atomic E-state index is 11.0. The zero-order valence-corrected chi connectivity index (χ0v) is 8.34. The summed E-state index contributed by atoms with van der Waals surface area (Å²) in [4.78, 5) is 15.0. The molecule has 2 rings (SSSR count). The van der Waals surface area contributed by atoms with E-state index in [1.54, 1.807) is 0 Å². The summed E-state index contributed by atoms with van der Waals surface area (Å²) >= 11 is 0. The minimum atomic E-state index is -0.721. The number of primary amides is 1. The Labute approximate surface area is 89.3 Å². The third-order valence-electron chi connectivity index (χ3n) is 1.78. The SMILES string of the molecule is COCc1nc(-c2conc2C(N)=O)no1. The number of methoxy groups -OCH3 is 1. The largest absolute Gasteiger partial charge is 0.375 e. The highest BCUT2D eigenvalue weighted by molar-refractivity contribution is 5.96. The third kappa shape index (κ3) is 1.77. The Balaban J connectivity index is 2.35. The molecule has 0 aromatic carbocycles. The van der Waals surface area contributed by atoms with Gasteiger partial charge in [-0.3, -0.25) is 4.79 Å². The molecule has 0 fully saturated rings. The number of aromatic nitrogens is 3. The number of carbonyl (C=O) groups excluding carboxylic acids is 1. The van der Waals surface area contributed by atoms with Gasteiger partial charge in [-0.2, -0.15) is 4.98 Å². The molecule has 0 saturated heterocycles. The van der Waals surface area contributed by atoms with Crippen LogP contribution in [0.1, 0.15) is 16.4 Å². The summed E-state index contributed by atoms with van der Waals surface area (Å²) in [5.74, 6) is -0.252. The van der Waals surface area contributed by atoms with E-state index in [4.69, 9.17) is 15.0 Å². The Kier molecular flexibility index (Phi) is 2.64. The summed E-state index contributed by atoms with van der Waals surface area (Å²) in [6, 6.07) is 0. The van der Waals surface area contributed by atoms with Gasteiger partial charge in [-0.1, -0.05) is 10.3 Å². The molecular weight excluding hydrogens is 216 g/mol. The molecular formula is C8H8N4O4. The van der Waals surface area contributed by atoms with Crippen LogP contribution < -0.4 is 5.73 Å². The van der Waals surface area contributed by atoms with Crippen LogP contribution in [0.15, 0.2) is 15.3 Å². The third-order valence-corrected chi connectivity index (χ3v) is 1.78. The van der Waals surface area contributed by atoms with Crippen molar-refractivity contribution in [2.75, 3.05) is 7.11 Å². The van der Waals surface area contributed by atoms with Gasteiger partial charge in [0.05, 0.1) is 5.56 Å². The van der Waals surface area contributed by atoms with E-state index in [-0.39, 0.29) is 24.0 Å². The summed E-state index contributed by atoms with van der Waals surface area (Å²) in [6.45, 7) is 0.185. The second kappa shape index (κ2) is 4.11. The second-order valence-electron chi connectivity index (χ2n) is 2.89. The van der Waals surface area contributed by atoms with Crippen molar-refractivity contribution >= 4 is 5.91 Å². The van der Waals surface area contributed by atoms with Crippen molar-refractivity contribution in [2.45, 2.75) is 6.61 Å². The van der Waals surface area contributed by atoms with Crippen molar-refractivity contribution in [3.63, 3.8) is 0 Å². The monoisotopic (exact) mass is 224 g/mol. The molecule has 0 saturated carbocycles. The number of nitrogens with zero attached hydrogens (tertiary/aromatic N) is 3. The lowest BCUT2D eigenvalue weighted by Gasteiger charge is -1.89. The molecule has 0 spiro atoms. The van der Waals surface area contributed by atoms with Crippen molar-refractivity contribution in [3.8, 4) is 11.4 Å². The van der Waals surface area contributed by atoms with E-state index in [0.717, 1.165) is 0 Å². The zero-order chi connectivity index (χ0) is 11.5. The smallest absolute Gasteiger partial charge is 0.271 e. The standard InChI is InChI=1S/C8H8N4O4/c1-14-3-5-10-8(12-16-5)4-2-15-11-6(4)7(9)13/h2H,3H2,1H3,(H2,9,13). The molecule has 0 aliphatic rings. The van der Waals surface area contributed by atoms with Crippen LogP contribution in [0.2, 0.25) is 0 Å². The van der Waals surface area contributed by atoms with Gasteiger partial charge in [-0.15, -0.1) is 0 Å². The van der Waals surface area contributed by atoms with E-state index >= 15 is 0 Å². The summed E-state index contributed by atoms with van der Waals surface area (Å²) in [5, 5.41) is 7.09. The highest BCUT2D eigenvalue weighted by atomic mass is 16.5. The Hall–Kier alpha value is -2.22. The number of amides is 1. The topological polar surface area (TPSA) is 117 Å². The second-order valence-corrected chi connectivity index (χ2v) is 2.89. The van der Waals surface area contributed by atoms with E-state index in [0.29, 0.717) is 5.56 Å². The van der Waals surface area contributed by atoms with Gasteiger partial charge in [-0.05, 0) is 0 Å². The molecule has 2 heterocycles. The molecule has 1 amide bonds. The minimum absolute atomic E-state index is 0.0373. The molecule has 0 bridgehead atoms. The normalized spacial score (nSPS) is 10.6. The molecule has 2 aromatic rings. The quantitative estimate of drug-likeness (QED) is 0.774. The van der Waals surface area contributed by atoms with Crippen molar-refractivity contribution in [1.82, 2.24) is 15.3 Å². The van der Waals surface area contributed by atoms with Crippen LogP contribution in [0.3, 0.4) is 0 Å². The molecule has 84 valence electrons. The van der Waals surface area contributed by atoms with Gasteiger partial charge in [0.15, 0.2) is 5.69 Å². The van der Waals surface area contributed by atoms with Crippen LogP contribution in [0.4, 0.5) is 0 Å². The average molecular weight is 224 g/mol. The molecule has 16 heavy (non-hydrogen) atoms. The molecule has 2 aromatic heterocycles. The highest BCUT2D eigenvalue weighted by Gasteiger charge is 2.19. The highest BCUT2D eigenvalue weighted by Crippen LogP contribution is 2.19. The fraction of sp³-hybridized carbons (Fsp3) is 0.250. The number of carbonyl (C=O) groups is 1. The summed E-state index contributed by atoms with van der Waals surface area (Å²) < 4.78 is 14.3. The Morgan fingerprint density at radius 3 is 3.06 bits per heavy atom. The van der Waals surface area contributed by atoms with E-state index in [9.17, 15) is 4.79 Å². The minimum Gasteiger partial charge on any atom is -0.375 e. The van der Waals surface area contributed by atoms with Crippen LogP contribution >= 0.6 is 0 Å². The Morgan fingerprint density at radius 1 is 1.56 bits per heavy atom. The summed E-state index contributed by atoms with van der Waals surface area (Å²) in [5.41, 5.74) is 5.34. The predicted octanol–water partition coefficient (Wildman–Crippen LogP) is -0.0301. The first-order chi connectivity index (χ1) is 7.72. The van der Waals surface area contributed by atoms with E-state index in [1.165, 1.54) is 13.4 Å². The van der Waals surface area contributed by atoms with Crippen molar-refractivity contribution < 1.29 is 18.6 Å². The lowest BCUT2D eigenvalue weighted by atomic mass is 10.2.